The summed E-state index contributed by atoms with van der Waals surface area (Å²) in [5.41, 5.74) is 9.52. The Morgan fingerprint density at radius 3 is 2.52 bits per heavy atom. The van der Waals surface area contributed by atoms with Crippen LogP contribution in [0.15, 0.2) is 48.7 Å². The number of carbonyl (C=O) groups is 2. The molecule has 1 aliphatic carbocycles. The second kappa shape index (κ2) is 6.43. The zero-order valence-corrected chi connectivity index (χ0v) is 13.8. The van der Waals surface area contributed by atoms with Crippen LogP contribution < -0.4 is 10.9 Å². The maximum Gasteiger partial charge on any atom is 0.271 e. The van der Waals surface area contributed by atoms with Gasteiger partial charge in [-0.25, -0.2) is 0 Å². The van der Waals surface area contributed by atoms with Gasteiger partial charge in [0.05, 0.1) is 5.56 Å². The zero-order chi connectivity index (χ0) is 17.2. The van der Waals surface area contributed by atoms with Crippen LogP contribution in [-0.2, 0) is 12.8 Å². The van der Waals surface area contributed by atoms with Gasteiger partial charge in [-0.3, -0.25) is 20.4 Å². The highest BCUT2D eigenvalue weighted by atomic mass is 16.2. The number of hydrazine groups is 1. The normalized spacial score (nSPS) is 13.3. The Balaban J connectivity index is 1.45. The van der Waals surface area contributed by atoms with E-state index < -0.39 is 0 Å². The van der Waals surface area contributed by atoms with Crippen LogP contribution in [0, 0.1) is 0 Å². The lowest BCUT2D eigenvalue weighted by Gasteiger charge is -2.16. The Labute approximate surface area is 145 Å². The summed E-state index contributed by atoms with van der Waals surface area (Å²) in [4.78, 5) is 27.7. The third-order valence-corrected chi connectivity index (χ3v) is 4.73. The van der Waals surface area contributed by atoms with Crippen molar-refractivity contribution in [2.75, 3.05) is 0 Å². The number of rotatable bonds is 2. The summed E-state index contributed by atoms with van der Waals surface area (Å²) in [5, 5.41) is 0.822. The molecule has 0 aliphatic heterocycles. The first-order valence-corrected chi connectivity index (χ1v) is 8.51. The molecule has 0 atom stereocenters. The van der Waals surface area contributed by atoms with Gasteiger partial charge in [-0.2, -0.15) is 0 Å². The average molecular weight is 333 g/mol. The Kier molecular flexibility index (Phi) is 3.98. The van der Waals surface area contributed by atoms with Gasteiger partial charge in [0.2, 0.25) is 0 Å². The largest absolute Gasteiger partial charge is 0.360 e. The van der Waals surface area contributed by atoms with Crippen LogP contribution in [0.4, 0.5) is 0 Å². The lowest BCUT2D eigenvalue weighted by molar-refractivity contribution is 0.0847. The molecule has 0 bridgehead atoms. The molecule has 0 saturated heterocycles. The highest BCUT2D eigenvalue weighted by Gasteiger charge is 2.15. The van der Waals surface area contributed by atoms with E-state index in [-0.39, 0.29) is 11.8 Å². The standard InChI is InChI=1S/C20H19N3O2/c24-19(15-10-9-13-5-1-2-6-14(13)11-15)22-23-20(25)17-12-21-18-8-4-3-7-16(17)18/h3-4,7-12,21H,1-2,5-6H2,(H,22,24)(H,23,25). The number of nitrogens with one attached hydrogen (secondary N) is 3. The molecule has 0 saturated carbocycles. The van der Waals surface area contributed by atoms with Crippen LogP contribution in [0.2, 0.25) is 0 Å². The van der Waals surface area contributed by atoms with E-state index in [9.17, 15) is 9.59 Å². The van der Waals surface area contributed by atoms with Crippen molar-refractivity contribution in [1.29, 1.82) is 0 Å². The molecule has 3 N–H and O–H groups in total. The lowest BCUT2D eigenvalue weighted by Crippen LogP contribution is -2.41. The molecule has 5 nitrogen and oxygen atoms in total. The fourth-order valence-corrected chi connectivity index (χ4v) is 3.39. The summed E-state index contributed by atoms with van der Waals surface area (Å²) in [6.07, 6.45) is 6.10. The third-order valence-electron chi connectivity index (χ3n) is 4.73. The first kappa shape index (κ1) is 15.4. The van der Waals surface area contributed by atoms with Gasteiger partial charge in [0, 0.05) is 22.7 Å². The van der Waals surface area contributed by atoms with Gasteiger partial charge in [0.1, 0.15) is 0 Å². The first-order chi connectivity index (χ1) is 12.2. The number of carbonyl (C=O) groups excluding carboxylic acids is 2. The van der Waals surface area contributed by atoms with Gasteiger partial charge >= 0.3 is 0 Å². The van der Waals surface area contributed by atoms with Gasteiger partial charge in [-0.15, -0.1) is 0 Å². The molecule has 0 unspecified atom stereocenters. The van der Waals surface area contributed by atoms with Crippen LogP contribution in [0.5, 0.6) is 0 Å². The van der Waals surface area contributed by atoms with Crippen LogP contribution >= 0.6 is 0 Å². The number of aromatic amines is 1. The first-order valence-electron chi connectivity index (χ1n) is 8.51. The van der Waals surface area contributed by atoms with Crippen LogP contribution in [-0.4, -0.2) is 16.8 Å². The highest BCUT2D eigenvalue weighted by molar-refractivity contribution is 6.07. The van der Waals surface area contributed by atoms with Gasteiger partial charge in [0.25, 0.3) is 11.8 Å². The molecular formula is C20H19N3O2. The number of aromatic nitrogens is 1. The maximum absolute atomic E-state index is 12.3. The fourth-order valence-electron chi connectivity index (χ4n) is 3.39. The smallest absolute Gasteiger partial charge is 0.271 e. The molecule has 5 heteroatoms. The number of H-pyrrole nitrogens is 1. The second-order valence-corrected chi connectivity index (χ2v) is 6.35. The summed E-state index contributed by atoms with van der Waals surface area (Å²) < 4.78 is 0. The summed E-state index contributed by atoms with van der Waals surface area (Å²) in [6, 6.07) is 13.3. The molecule has 4 rings (SSSR count). The highest BCUT2D eigenvalue weighted by Crippen LogP contribution is 2.22. The van der Waals surface area contributed by atoms with Crippen molar-refractivity contribution < 1.29 is 9.59 Å². The number of para-hydroxylation sites is 1. The van der Waals surface area contributed by atoms with Gasteiger partial charge in [0.15, 0.2) is 0 Å². The van der Waals surface area contributed by atoms with E-state index in [4.69, 9.17) is 0 Å². The van der Waals surface area contributed by atoms with Crippen LogP contribution in [0.3, 0.4) is 0 Å². The predicted molar refractivity (Wildman–Crippen MR) is 96.3 cm³/mol. The maximum atomic E-state index is 12.3. The molecule has 2 aromatic carbocycles. The quantitative estimate of drug-likeness (QED) is 0.630. The van der Waals surface area contributed by atoms with E-state index >= 15 is 0 Å². The summed E-state index contributed by atoms with van der Waals surface area (Å²) in [5.74, 6) is -0.648. The molecule has 1 aromatic heterocycles. The molecule has 25 heavy (non-hydrogen) atoms. The van der Waals surface area contributed by atoms with E-state index in [2.05, 4.69) is 15.8 Å². The van der Waals surface area contributed by atoms with Gasteiger partial charge in [-0.05, 0) is 55.0 Å². The van der Waals surface area contributed by atoms with Crippen LogP contribution in [0.25, 0.3) is 10.9 Å². The summed E-state index contributed by atoms with van der Waals surface area (Å²) >= 11 is 0. The molecular weight excluding hydrogens is 314 g/mol. The Hall–Kier alpha value is -3.08. The van der Waals surface area contributed by atoms with E-state index in [0.29, 0.717) is 11.1 Å². The summed E-state index contributed by atoms with van der Waals surface area (Å²) in [6.45, 7) is 0. The van der Waals surface area contributed by atoms with Crippen molar-refractivity contribution in [3.63, 3.8) is 0 Å². The molecule has 1 aliphatic rings. The Morgan fingerprint density at radius 2 is 1.64 bits per heavy atom. The topological polar surface area (TPSA) is 74.0 Å². The molecule has 0 spiro atoms. The number of benzene rings is 2. The van der Waals surface area contributed by atoms with Crippen molar-refractivity contribution in [2.45, 2.75) is 25.7 Å². The fraction of sp³-hybridized carbons (Fsp3) is 0.200. The molecule has 126 valence electrons. The minimum Gasteiger partial charge on any atom is -0.360 e. The monoisotopic (exact) mass is 333 g/mol. The van der Waals surface area contributed by atoms with Crippen molar-refractivity contribution in [1.82, 2.24) is 15.8 Å². The van der Waals surface area contributed by atoms with Crippen molar-refractivity contribution in [3.05, 3.63) is 70.9 Å². The number of hydrogen-bond donors (Lipinski definition) is 3. The van der Waals surface area contributed by atoms with Gasteiger partial charge < -0.3 is 4.98 Å². The number of amides is 2. The minimum absolute atomic E-state index is 0.304. The molecule has 0 fully saturated rings. The Morgan fingerprint density at radius 1 is 0.880 bits per heavy atom. The molecule has 3 aromatic rings. The zero-order valence-electron chi connectivity index (χ0n) is 13.8. The second-order valence-electron chi connectivity index (χ2n) is 6.35. The Bertz CT molecular complexity index is 958. The van der Waals surface area contributed by atoms with E-state index in [1.165, 1.54) is 17.5 Å². The van der Waals surface area contributed by atoms with Gasteiger partial charge in [-0.1, -0.05) is 24.3 Å². The van der Waals surface area contributed by atoms with Crippen LogP contribution in [0.1, 0.15) is 44.7 Å². The molecule has 1 heterocycles. The van der Waals surface area contributed by atoms with Crippen molar-refractivity contribution >= 4 is 22.7 Å². The summed E-state index contributed by atoms with van der Waals surface area (Å²) in [7, 11) is 0. The average Bonchev–Trinajstić information content (AvgIpc) is 3.09. The third kappa shape index (κ3) is 3.01. The van der Waals surface area contributed by atoms with E-state index in [1.54, 1.807) is 6.20 Å². The predicted octanol–water partition coefficient (Wildman–Crippen LogP) is 3.12. The molecule has 2 amide bonds. The number of fused-ring (bicyclic) bond motifs is 2. The number of hydrogen-bond acceptors (Lipinski definition) is 2. The SMILES string of the molecule is O=C(NNC(=O)c1c[nH]c2ccccc12)c1ccc2c(c1)CCCC2. The van der Waals surface area contributed by atoms with E-state index in [1.807, 2.05) is 42.5 Å². The van der Waals surface area contributed by atoms with E-state index in [0.717, 1.165) is 30.2 Å². The minimum atomic E-state index is -0.344. The lowest BCUT2D eigenvalue weighted by atomic mass is 9.90. The van der Waals surface area contributed by atoms with Crippen molar-refractivity contribution in [2.24, 2.45) is 0 Å². The molecule has 0 radical (unpaired) electrons. The van der Waals surface area contributed by atoms with Crippen molar-refractivity contribution in [3.8, 4) is 0 Å². The number of aryl methyl sites for hydroxylation is 2.